The molecule has 0 atom stereocenters. The van der Waals surface area contributed by atoms with Crippen LogP contribution in [0, 0.1) is 0 Å². The molecule has 0 aliphatic carbocycles. The number of nitrogens with one attached hydrogen (secondary N) is 1. The quantitative estimate of drug-likeness (QED) is 0.347. The van der Waals surface area contributed by atoms with Gasteiger partial charge in [-0.25, -0.2) is 4.98 Å². The van der Waals surface area contributed by atoms with E-state index in [1.54, 1.807) is 46.7 Å². The summed E-state index contributed by atoms with van der Waals surface area (Å²) in [6.07, 6.45) is -3.63. The predicted molar refractivity (Wildman–Crippen MR) is 138 cm³/mol. The van der Waals surface area contributed by atoms with E-state index in [9.17, 15) is 22.8 Å². The van der Waals surface area contributed by atoms with E-state index >= 15 is 0 Å². The zero-order valence-electron chi connectivity index (χ0n) is 19.4. The molecule has 6 nitrogen and oxygen atoms in total. The van der Waals surface area contributed by atoms with E-state index in [1.807, 2.05) is 6.07 Å². The van der Waals surface area contributed by atoms with E-state index in [0.717, 1.165) is 23.4 Å². The summed E-state index contributed by atoms with van der Waals surface area (Å²) in [4.78, 5) is 31.8. The van der Waals surface area contributed by atoms with Crippen LogP contribution in [0.25, 0.3) is 11.1 Å². The van der Waals surface area contributed by atoms with Gasteiger partial charge in [-0.15, -0.1) is 11.3 Å². The van der Waals surface area contributed by atoms with Gasteiger partial charge in [-0.05, 0) is 59.5 Å². The molecule has 0 radical (unpaired) electrons. The van der Waals surface area contributed by atoms with E-state index in [2.05, 4.69) is 10.3 Å². The van der Waals surface area contributed by atoms with E-state index in [4.69, 9.17) is 5.73 Å². The fourth-order valence-corrected chi connectivity index (χ4v) is 4.93. The third-order valence-electron chi connectivity index (χ3n) is 6.13. The first kappa shape index (κ1) is 24.5. The largest absolute Gasteiger partial charge is 0.416 e. The number of amides is 2. The molecule has 5 rings (SSSR count). The van der Waals surface area contributed by atoms with Crippen LogP contribution in [0.2, 0.25) is 0 Å². The number of carbonyl (C=O) groups is 2. The second-order valence-electron chi connectivity index (χ2n) is 8.57. The van der Waals surface area contributed by atoms with Gasteiger partial charge in [-0.2, -0.15) is 13.2 Å². The van der Waals surface area contributed by atoms with Crippen molar-refractivity contribution in [2.45, 2.75) is 19.0 Å². The van der Waals surface area contributed by atoms with Crippen molar-refractivity contribution in [3.05, 3.63) is 94.5 Å². The Morgan fingerprint density at radius 3 is 2.51 bits per heavy atom. The van der Waals surface area contributed by atoms with Crippen molar-refractivity contribution >= 4 is 39.7 Å². The first-order chi connectivity index (χ1) is 17.7. The smallest absolute Gasteiger partial charge is 0.375 e. The van der Waals surface area contributed by atoms with Crippen molar-refractivity contribution in [2.24, 2.45) is 0 Å². The zero-order valence-corrected chi connectivity index (χ0v) is 20.2. The van der Waals surface area contributed by atoms with Crippen molar-refractivity contribution in [1.29, 1.82) is 0 Å². The molecule has 37 heavy (non-hydrogen) atoms. The maximum atomic E-state index is 13.1. The highest BCUT2D eigenvalue weighted by atomic mass is 32.1. The molecule has 1 aromatic heterocycles. The Morgan fingerprint density at radius 1 is 1.05 bits per heavy atom. The second kappa shape index (κ2) is 9.70. The molecule has 0 spiro atoms. The molecule has 0 fully saturated rings. The van der Waals surface area contributed by atoms with Gasteiger partial charge in [-0.3, -0.25) is 9.59 Å². The van der Waals surface area contributed by atoms with Crippen LogP contribution in [0.4, 0.5) is 29.7 Å². The van der Waals surface area contributed by atoms with Crippen LogP contribution in [0.1, 0.15) is 27.2 Å². The lowest BCUT2D eigenvalue weighted by molar-refractivity contribution is -0.137. The fourth-order valence-electron chi connectivity index (χ4n) is 4.36. The van der Waals surface area contributed by atoms with Crippen molar-refractivity contribution in [3.8, 4) is 11.1 Å². The number of alkyl halides is 3. The zero-order chi connectivity index (χ0) is 26.2. The van der Waals surface area contributed by atoms with Crippen LogP contribution in [0.15, 0.2) is 72.1 Å². The highest BCUT2D eigenvalue weighted by molar-refractivity contribution is 7.13. The average Bonchev–Trinajstić information content (AvgIpc) is 3.49. The molecule has 3 aromatic carbocycles. The van der Waals surface area contributed by atoms with Gasteiger partial charge in [0.15, 0.2) is 5.13 Å². The van der Waals surface area contributed by atoms with Gasteiger partial charge in [0.2, 0.25) is 5.91 Å². The van der Waals surface area contributed by atoms with Gasteiger partial charge >= 0.3 is 6.18 Å². The number of rotatable bonds is 5. The summed E-state index contributed by atoms with van der Waals surface area (Å²) in [6.45, 7) is 0.530. The number of anilines is 3. The summed E-state index contributed by atoms with van der Waals surface area (Å²) in [5.41, 5.74) is 9.18. The number of nitrogens with zero attached hydrogens (tertiary/aromatic N) is 2. The van der Waals surface area contributed by atoms with Gasteiger partial charge in [0.1, 0.15) is 0 Å². The Hall–Kier alpha value is -4.18. The number of nitrogen functional groups attached to an aromatic ring is 1. The number of halogens is 3. The van der Waals surface area contributed by atoms with Crippen LogP contribution in [0.3, 0.4) is 0 Å². The summed E-state index contributed by atoms with van der Waals surface area (Å²) in [7, 11) is 0. The molecular weight excluding hydrogens is 501 g/mol. The molecule has 0 saturated carbocycles. The van der Waals surface area contributed by atoms with E-state index in [0.29, 0.717) is 46.2 Å². The van der Waals surface area contributed by atoms with E-state index in [-0.39, 0.29) is 18.2 Å². The maximum absolute atomic E-state index is 13.1. The van der Waals surface area contributed by atoms with Crippen molar-refractivity contribution in [3.63, 3.8) is 0 Å². The Kier molecular flexibility index (Phi) is 6.43. The molecule has 10 heteroatoms. The Bertz CT molecular complexity index is 1480. The molecule has 2 heterocycles. The van der Waals surface area contributed by atoms with E-state index < -0.39 is 11.7 Å². The minimum Gasteiger partial charge on any atom is -0.375 e. The summed E-state index contributed by atoms with van der Waals surface area (Å²) >= 11 is 1.29. The first-order valence-corrected chi connectivity index (χ1v) is 12.3. The van der Waals surface area contributed by atoms with Gasteiger partial charge < -0.3 is 16.0 Å². The van der Waals surface area contributed by atoms with Crippen molar-refractivity contribution < 1.29 is 22.8 Å². The van der Waals surface area contributed by atoms with Crippen molar-refractivity contribution in [2.75, 3.05) is 22.5 Å². The number of hydrogen-bond acceptors (Lipinski definition) is 5. The third kappa shape index (κ3) is 5.19. The average molecular weight is 523 g/mol. The third-order valence-corrected chi connectivity index (χ3v) is 6.85. The highest BCUT2D eigenvalue weighted by Crippen LogP contribution is 2.33. The molecule has 0 saturated heterocycles. The van der Waals surface area contributed by atoms with Crippen LogP contribution in [-0.2, 0) is 23.8 Å². The summed E-state index contributed by atoms with van der Waals surface area (Å²) in [6, 6.07) is 16.8. The van der Waals surface area contributed by atoms with Gasteiger partial charge in [-0.1, -0.05) is 30.3 Å². The minimum absolute atomic E-state index is 0.0775. The monoisotopic (exact) mass is 522 g/mol. The number of fused-ring (bicyclic) bond motifs is 1. The molecule has 2 amide bonds. The van der Waals surface area contributed by atoms with E-state index in [1.165, 1.54) is 23.5 Å². The standard InChI is InChI=1S/C27H21F3N4O2S/c28-27(29,30)18-7-5-16(6-8-18)21-3-1-2-4-22(21)25(36)32-19-9-10-23-17(13-19)11-12-34(23)24(35)14-20-15-37-26(31)33-20/h1-10,13,15H,11-12,14H2,(H2,31,33)(H,32,36). The molecular formula is C27H21F3N4O2S. The lowest BCUT2D eigenvalue weighted by Gasteiger charge is -2.17. The molecule has 3 N–H and O–H groups in total. The summed E-state index contributed by atoms with van der Waals surface area (Å²) in [5, 5.41) is 5.07. The molecule has 1 aliphatic heterocycles. The van der Waals surface area contributed by atoms with Crippen molar-refractivity contribution in [1.82, 2.24) is 4.98 Å². The maximum Gasteiger partial charge on any atom is 0.416 e. The van der Waals surface area contributed by atoms with Crippen LogP contribution in [0.5, 0.6) is 0 Å². The van der Waals surface area contributed by atoms with Gasteiger partial charge in [0, 0.05) is 28.9 Å². The second-order valence-corrected chi connectivity index (χ2v) is 9.46. The Balaban J connectivity index is 1.32. The summed E-state index contributed by atoms with van der Waals surface area (Å²) in [5.74, 6) is -0.464. The lowest BCUT2D eigenvalue weighted by Crippen LogP contribution is -2.30. The Morgan fingerprint density at radius 2 is 1.81 bits per heavy atom. The highest BCUT2D eigenvalue weighted by Gasteiger charge is 2.30. The number of aromatic nitrogens is 1. The fraction of sp³-hybridized carbons (Fsp3) is 0.148. The molecule has 1 aliphatic rings. The number of carbonyl (C=O) groups excluding carboxylic acids is 2. The Labute approximate surface area is 214 Å². The summed E-state index contributed by atoms with van der Waals surface area (Å²) < 4.78 is 38.8. The number of thiazole rings is 1. The number of hydrogen-bond donors (Lipinski definition) is 2. The SMILES string of the molecule is Nc1nc(CC(=O)N2CCc3cc(NC(=O)c4ccccc4-c4ccc(C(F)(F)F)cc4)ccc32)cs1. The molecule has 0 bridgehead atoms. The minimum atomic E-state index is -4.43. The van der Waals surface area contributed by atoms with Crippen LogP contribution in [-0.4, -0.2) is 23.3 Å². The first-order valence-electron chi connectivity index (χ1n) is 11.4. The number of benzene rings is 3. The normalized spacial score (nSPS) is 12.9. The molecule has 4 aromatic rings. The number of nitrogens with two attached hydrogens (primary N) is 1. The van der Waals surface area contributed by atoms with Gasteiger partial charge in [0.05, 0.1) is 17.7 Å². The predicted octanol–water partition coefficient (Wildman–Crippen LogP) is 5.80. The lowest BCUT2D eigenvalue weighted by atomic mass is 9.98. The topological polar surface area (TPSA) is 88.3 Å². The molecule has 0 unspecified atom stereocenters. The van der Waals surface area contributed by atoms with Crippen LogP contribution < -0.4 is 16.0 Å². The van der Waals surface area contributed by atoms with Crippen LogP contribution >= 0.6 is 11.3 Å². The van der Waals surface area contributed by atoms with Gasteiger partial charge in [0.25, 0.3) is 5.91 Å². The molecule has 188 valence electrons.